The van der Waals surface area contributed by atoms with Crippen LogP contribution < -0.4 is 0 Å². The highest BCUT2D eigenvalue weighted by molar-refractivity contribution is 7.52. The van der Waals surface area contributed by atoms with Crippen molar-refractivity contribution in [3.63, 3.8) is 0 Å². The standard InChI is InChI=1S/C13H18NO3P/c1-3-16-18(15,17-4-2)14-12-8-11-13-9-6-5-7-10-13/h5-12H,3-4H2,1-2H3/b11-8+,14-12+. The number of allylic oxidation sites excluding steroid dienone is 1. The highest BCUT2D eigenvalue weighted by Crippen LogP contribution is 2.49. The Morgan fingerprint density at radius 3 is 2.33 bits per heavy atom. The zero-order valence-corrected chi connectivity index (χ0v) is 11.5. The molecule has 0 aliphatic heterocycles. The molecule has 0 spiro atoms. The molecule has 0 aromatic heterocycles. The molecule has 0 unspecified atom stereocenters. The predicted octanol–water partition coefficient (Wildman–Crippen LogP) is 3.95. The molecule has 0 saturated carbocycles. The van der Waals surface area contributed by atoms with Crippen molar-refractivity contribution in [1.29, 1.82) is 0 Å². The van der Waals surface area contributed by atoms with E-state index in [4.69, 9.17) is 9.05 Å². The molecule has 4 nitrogen and oxygen atoms in total. The van der Waals surface area contributed by atoms with Gasteiger partial charge in [0.1, 0.15) is 0 Å². The minimum Gasteiger partial charge on any atom is -0.291 e. The van der Waals surface area contributed by atoms with Crippen molar-refractivity contribution >= 4 is 20.0 Å². The first-order valence-electron chi connectivity index (χ1n) is 5.86. The van der Waals surface area contributed by atoms with Crippen LogP contribution in [0.1, 0.15) is 19.4 Å². The number of hydrogen-bond donors (Lipinski definition) is 0. The monoisotopic (exact) mass is 267 g/mol. The van der Waals surface area contributed by atoms with E-state index in [2.05, 4.69) is 4.76 Å². The van der Waals surface area contributed by atoms with Gasteiger partial charge in [0, 0.05) is 6.21 Å². The van der Waals surface area contributed by atoms with Crippen LogP contribution in [0.25, 0.3) is 6.08 Å². The fourth-order valence-corrected chi connectivity index (χ4v) is 2.37. The largest absolute Gasteiger partial charge is 0.453 e. The summed E-state index contributed by atoms with van der Waals surface area (Å²) >= 11 is 0. The van der Waals surface area contributed by atoms with Crippen LogP contribution in [-0.2, 0) is 13.6 Å². The van der Waals surface area contributed by atoms with Crippen LogP contribution in [0, 0.1) is 0 Å². The van der Waals surface area contributed by atoms with Gasteiger partial charge in [-0.2, -0.15) is 4.76 Å². The Hall–Kier alpha value is -1.22. The van der Waals surface area contributed by atoms with Crippen LogP contribution in [0.15, 0.2) is 41.2 Å². The third-order valence-corrected chi connectivity index (χ3v) is 3.55. The van der Waals surface area contributed by atoms with Gasteiger partial charge in [-0.25, -0.2) is 4.57 Å². The smallest absolute Gasteiger partial charge is 0.291 e. The molecule has 0 atom stereocenters. The molecule has 98 valence electrons. The summed E-state index contributed by atoms with van der Waals surface area (Å²) in [5.74, 6) is 0. The van der Waals surface area contributed by atoms with Gasteiger partial charge < -0.3 is 0 Å². The lowest BCUT2D eigenvalue weighted by molar-refractivity contribution is 0.221. The summed E-state index contributed by atoms with van der Waals surface area (Å²) in [4.78, 5) is 0. The molecule has 1 rings (SSSR count). The Morgan fingerprint density at radius 2 is 1.78 bits per heavy atom. The van der Waals surface area contributed by atoms with Gasteiger partial charge in [0.05, 0.1) is 13.2 Å². The molecule has 1 aromatic rings. The van der Waals surface area contributed by atoms with E-state index in [-0.39, 0.29) is 0 Å². The lowest BCUT2D eigenvalue weighted by Crippen LogP contribution is -1.93. The van der Waals surface area contributed by atoms with Crippen molar-refractivity contribution in [2.45, 2.75) is 13.8 Å². The molecule has 0 N–H and O–H groups in total. The molecular weight excluding hydrogens is 249 g/mol. The molecule has 0 amide bonds. The molecule has 0 bridgehead atoms. The lowest BCUT2D eigenvalue weighted by atomic mass is 10.2. The highest BCUT2D eigenvalue weighted by Gasteiger charge is 2.20. The zero-order valence-electron chi connectivity index (χ0n) is 10.7. The number of hydrogen-bond acceptors (Lipinski definition) is 3. The molecule has 0 aliphatic rings. The molecule has 18 heavy (non-hydrogen) atoms. The molecule has 0 radical (unpaired) electrons. The summed E-state index contributed by atoms with van der Waals surface area (Å²) in [7, 11) is -3.32. The Labute approximate surface area is 108 Å². The van der Waals surface area contributed by atoms with Crippen LogP contribution in [0.5, 0.6) is 0 Å². The first-order chi connectivity index (χ1) is 8.70. The van der Waals surface area contributed by atoms with Crippen molar-refractivity contribution in [1.82, 2.24) is 0 Å². The van der Waals surface area contributed by atoms with E-state index in [1.165, 1.54) is 6.21 Å². The second-order valence-electron chi connectivity index (χ2n) is 3.34. The number of rotatable bonds is 7. The van der Waals surface area contributed by atoms with Gasteiger partial charge in [0.15, 0.2) is 0 Å². The summed E-state index contributed by atoms with van der Waals surface area (Å²) < 4.78 is 25.8. The average Bonchev–Trinajstić information content (AvgIpc) is 2.37. The Bertz CT molecular complexity index is 433. The molecular formula is C13H18NO3P. The van der Waals surface area contributed by atoms with Crippen molar-refractivity contribution in [3.05, 3.63) is 42.0 Å². The lowest BCUT2D eigenvalue weighted by Gasteiger charge is -2.10. The summed E-state index contributed by atoms with van der Waals surface area (Å²) in [6.07, 6.45) is 5.02. The van der Waals surface area contributed by atoms with Crippen molar-refractivity contribution in [3.8, 4) is 0 Å². The molecule has 0 aliphatic carbocycles. The van der Waals surface area contributed by atoms with Crippen molar-refractivity contribution < 1.29 is 13.6 Å². The fraction of sp³-hybridized carbons (Fsp3) is 0.308. The van der Waals surface area contributed by atoms with E-state index in [0.717, 1.165) is 5.56 Å². The third kappa shape index (κ3) is 5.41. The second kappa shape index (κ2) is 7.98. The summed E-state index contributed by atoms with van der Waals surface area (Å²) in [6, 6.07) is 9.78. The van der Waals surface area contributed by atoms with Crippen LogP contribution in [0.4, 0.5) is 0 Å². The Balaban J connectivity index is 2.62. The normalized spacial score (nSPS) is 12.6. The summed E-state index contributed by atoms with van der Waals surface area (Å²) in [6.45, 7) is 4.11. The van der Waals surface area contributed by atoms with Crippen LogP contribution in [0.3, 0.4) is 0 Å². The van der Waals surface area contributed by atoms with Gasteiger partial charge in [0.2, 0.25) is 0 Å². The van der Waals surface area contributed by atoms with Gasteiger partial charge in [-0.15, -0.1) is 0 Å². The topological polar surface area (TPSA) is 47.9 Å². The van der Waals surface area contributed by atoms with Crippen molar-refractivity contribution in [2.24, 2.45) is 4.76 Å². The van der Waals surface area contributed by atoms with Gasteiger partial charge in [0.25, 0.3) is 0 Å². The zero-order chi connectivity index (χ0) is 13.3. The maximum absolute atomic E-state index is 11.9. The van der Waals surface area contributed by atoms with Gasteiger partial charge in [-0.1, -0.05) is 36.4 Å². The first-order valence-corrected chi connectivity index (χ1v) is 7.36. The molecule has 1 aromatic carbocycles. The molecule has 0 fully saturated rings. The first kappa shape index (κ1) is 14.8. The summed E-state index contributed by atoms with van der Waals surface area (Å²) in [5, 5.41) is 0. The third-order valence-electron chi connectivity index (χ3n) is 1.97. The molecule has 0 heterocycles. The second-order valence-corrected chi connectivity index (χ2v) is 5.02. The Morgan fingerprint density at radius 1 is 1.17 bits per heavy atom. The van der Waals surface area contributed by atoms with E-state index >= 15 is 0 Å². The van der Waals surface area contributed by atoms with E-state index in [1.807, 2.05) is 36.4 Å². The highest BCUT2D eigenvalue weighted by atomic mass is 31.2. The maximum Gasteiger partial charge on any atom is 0.453 e. The SMILES string of the molecule is CCOP(=O)(/N=C/C=C/c1ccccc1)OCC. The molecule has 0 saturated heterocycles. The minimum absolute atomic E-state index is 0.303. The number of benzene rings is 1. The summed E-state index contributed by atoms with van der Waals surface area (Å²) in [5.41, 5.74) is 1.05. The van der Waals surface area contributed by atoms with Crippen LogP contribution >= 0.6 is 7.75 Å². The van der Waals surface area contributed by atoms with Crippen LogP contribution in [-0.4, -0.2) is 19.4 Å². The molecule has 5 heteroatoms. The predicted molar refractivity (Wildman–Crippen MR) is 74.8 cm³/mol. The van der Waals surface area contributed by atoms with E-state index in [0.29, 0.717) is 13.2 Å². The maximum atomic E-state index is 11.9. The van der Waals surface area contributed by atoms with Gasteiger partial charge >= 0.3 is 7.75 Å². The van der Waals surface area contributed by atoms with Crippen LogP contribution in [0.2, 0.25) is 0 Å². The van der Waals surface area contributed by atoms with Gasteiger partial charge in [-0.3, -0.25) is 9.05 Å². The quantitative estimate of drug-likeness (QED) is 0.555. The average molecular weight is 267 g/mol. The van der Waals surface area contributed by atoms with Crippen molar-refractivity contribution in [2.75, 3.05) is 13.2 Å². The van der Waals surface area contributed by atoms with E-state index in [1.54, 1.807) is 19.9 Å². The number of nitrogens with zero attached hydrogens (tertiary/aromatic N) is 1. The minimum atomic E-state index is -3.32. The van der Waals surface area contributed by atoms with Gasteiger partial charge in [-0.05, 0) is 25.5 Å². The Kier molecular flexibility index (Phi) is 6.58. The fourth-order valence-electron chi connectivity index (χ4n) is 1.27. The van der Waals surface area contributed by atoms with E-state index in [9.17, 15) is 4.57 Å². The van der Waals surface area contributed by atoms with E-state index < -0.39 is 7.75 Å².